The summed E-state index contributed by atoms with van der Waals surface area (Å²) in [6, 6.07) is 4.85. The fraction of sp³-hybridized carbons (Fsp3) is 0.688. The third-order valence-electron chi connectivity index (χ3n) is 10.6. The Kier molecular flexibility index (Phi) is 5.78. The maximum Gasteiger partial charge on any atom is 0.0733 e. The van der Waals surface area contributed by atoms with Crippen LogP contribution in [-0.2, 0) is 38.5 Å². The van der Waals surface area contributed by atoms with E-state index in [0.29, 0.717) is 25.7 Å². The molecule has 0 amide bonds. The second kappa shape index (κ2) is 8.91. The van der Waals surface area contributed by atoms with Gasteiger partial charge in [-0.2, -0.15) is 0 Å². The van der Waals surface area contributed by atoms with Gasteiger partial charge >= 0.3 is 0 Å². The minimum Gasteiger partial charge on any atom is -0.389 e. The minimum atomic E-state index is -0.752. The standard InChI is InChI=1S/C32H42N2O2/c35-31(25-11-5-9-23-19-21-7-1-3-13-27(21)33-29(23)25)15-17-32(36,18-16-31)26-12-6-10-24-20-22-8-2-4-14-28(22)34-30(24)26/h19-20,25-26,35-36H,1-18H2. The average Bonchev–Trinajstić information content (AvgIpc) is 2.92. The van der Waals surface area contributed by atoms with Crippen molar-refractivity contribution in [1.29, 1.82) is 0 Å². The molecule has 4 nitrogen and oxygen atoms in total. The van der Waals surface area contributed by atoms with Crippen LogP contribution in [0, 0.1) is 0 Å². The molecule has 36 heavy (non-hydrogen) atoms. The number of rotatable bonds is 2. The molecule has 0 bridgehead atoms. The summed E-state index contributed by atoms with van der Waals surface area (Å²) in [5, 5.41) is 24.1. The van der Waals surface area contributed by atoms with Crippen LogP contribution in [0.1, 0.15) is 134 Å². The Morgan fingerprint density at radius 3 is 1.36 bits per heavy atom. The molecule has 0 spiro atoms. The lowest BCUT2D eigenvalue weighted by Gasteiger charge is -2.49. The molecule has 192 valence electrons. The maximum absolute atomic E-state index is 12.1. The first-order valence-electron chi connectivity index (χ1n) is 15.0. The summed E-state index contributed by atoms with van der Waals surface area (Å²) in [6.45, 7) is 0. The van der Waals surface area contributed by atoms with Crippen molar-refractivity contribution in [1.82, 2.24) is 9.97 Å². The fourth-order valence-corrected chi connectivity index (χ4v) is 8.52. The number of aliphatic hydroxyl groups is 2. The van der Waals surface area contributed by atoms with Crippen LogP contribution in [0.3, 0.4) is 0 Å². The number of aryl methyl sites for hydroxylation is 6. The van der Waals surface area contributed by atoms with Gasteiger partial charge in [0, 0.05) is 34.6 Å². The molecule has 4 heteroatoms. The van der Waals surface area contributed by atoms with Gasteiger partial charge in [-0.25, -0.2) is 0 Å². The van der Waals surface area contributed by atoms with Gasteiger partial charge in [0.1, 0.15) is 0 Å². The van der Waals surface area contributed by atoms with Crippen molar-refractivity contribution in [2.24, 2.45) is 0 Å². The van der Waals surface area contributed by atoms with Crippen molar-refractivity contribution in [3.05, 3.63) is 57.2 Å². The summed E-state index contributed by atoms with van der Waals surface area (Å²) in [5.74, 6) is 0.226. The first-order valence-corrected chi connectivity index (χ1v) is 15.0. The summed E-state index contributed by atoms with van der Waals surface area (Å²) in [6.07, 6.45) is 18.7. The van der Waals surface area contributed by atoms with E-state index >= 15 is 0 Å². The minimum absolute atomic E-state index is 0.113. The second-order valence-corrected chi connectivity index (χ2v) is 12.8. The van der Waals surface area contributed by atoms with E-state index in [-0.39, 0.29) is 11.8 Å². The van der Waals surface area contributed by atoms with Crippen LogP contribution in [0.4, 0.5) is 0 Å². The fourth-order valence-electron chi connectivity index (χ4n) is 8.52. The Hall–Kier alpha value is -1.78. The highest BCUT2D eigenvalue weighted by molar-refractivity contribution is 5.39. The van der Waals surface area contributed by atoms with Crippen LogP contribution in [0.25, 0.3) is 0 Å². The number of nitrogens with zero attached hydrogens (tertiary/aromatic N) is 2. The number of pyridine rings is 2. The third-order valence-corrected chi connectivity index (χ3v) is 10.6. The van der Waals surface area contributed by atoms with E-state index < -0.39 is 11.2 Å². The first-order chi connectivity index (χ1) is 17.5. The van der Waals surface area contributed by atoms with E-state index in [1.165, 1.54) is 70.7 Å². The predicted octanol–water partition coefficient (Wildman–Crippen LogP) is 5.81. The molecule has 5 aliphatic carbocycles. The molecule has 2 aromatic rings. The molecule has 0 saturated heterocycles. The molecule has 2 aromatic heterocycles. The van der Waals surface area contributed by atoms with Gasteiger partial charge in [0.2, 0.25) is 0 Å². The van der Waals surface area contributed by atoms with Crippen LogP contribution in [0.5, 0.6) is 0 Å². The molecule has 2 unspecified atom stereocenters. The van der Waals surface area contributed by atoms with Gasteiger partial charge in [0.25, 0.3) is 0 Å². The Labute approximate surface area is 216 Å². The van der Waals surface area contributed by atoms with E-state index in [1.807, 2.05) is 0 Å². The molecule has 2 N–H and O–H groups in total. The van der Waals surface area contributed by atoms with Crippen molar-refractivity contribution >= 4 is 0 Å². The van der Waals surface area contributed by atoms with Gasteiger partial charge in [-0.3, -0.25) is 9.97 Å². The zero-order chi connectivity index (χ0) is 24.3. The molecule has 2 atom stereocenters. The van der Waals surface area contributed by atoms with Crippen molar-refractivity contribution in [3.63, 3.8) is 0 Å². The highest BCUT2D eigenvalue weighted by atomic mass is 16.3. The zero-order valence-electron chi connectivity index (χ0n) is 21.8. The molecule has 1 saturated carbocycles. The van der Waals surface area contributed by atoms with Crippen LogP contribution in [-0.4, -0.2) is 31.4 Å². The molecular formula is C32H42N2O2. The lowest BCUT2D eigenvalue weighted by Crippen LogP contribution is -2.50. The van der Waals surface area contributed by atoms with Gasteiger partial charge < -0.3 is 10.2 Å². The quantitative estimate of drug-likeness (QED) is 0.562. The molecule has 7 rings (SSSR count). The monoisotopic (exact) mass is 486 g/mol. The van der Waals surface area contributed by atoms with Crippen LogP contribution < -0.4 is 0 Å². The van der Waals surface area contributed by atoms with Gasteiger partial charge in [0.05, 0.1) is 11.2 Å². The van der Waals surface area contributed by atoms with Crippen molar-refractivity contribution in [2.75, 3.05) is 0 Å². The third kappa shape index (κ3) is 3.86. The van der Waals surface area contributed by atoms with E-state index in [2.05, 4.69) is 12.1 Å². The lowest BCUT2D eigenvalue weighted by atomic mass is 9.61. The molecule has 1 fully saturated rings. The van der Waals surface area contributed by atoms with Crippen molar-refractivity contribution < 1.29 is 10.2 Å². The Bertz CT molecular complexity index is 1070. The van der Waals surface area contributed by atoms with E-state index in [1.54, 1.807) is 0 Å². The predicted molar refractivity (Wildman–Crippen MR) is 141 cm³/mol. The molecule has 5 aliphatic rings. The number of hydrogen-bond acceptors (Lipinski definition) is 4. The number of fused-ring (bicyclic) bond motifs is 4. The second-order valence-electron chi connectivity index (χ2n) is 12.8. The number of hydrogen-bond donors (Lipinski definition) is 2. The topological polar surface area (TPSA) is 66.2 Å². The largest absolute Gasteiger partial charge is 0.389 e. The van der Waals surface area contributed by atoms with E-state index in [0.717, 1.165) is 64.2 Å². The van der Waals surface area contributed by atoms with Gasteiger partial charge in [0.15, 0.2) is 0 Å². The zero-order valence-corrected chi connectivity index (χ0v) is 21.8. The lowest BCUT2D eigenvalue weighted by molar-refractivity contribution is -0.109. The van der Waals surface area contributed by atoms with E-state index in [4.69, 9.17) is 9.97 Å². The Balaban J connectivity index is 1.15. The smallest absolute Gasteiger partial charge is 0.0733 e. The summed E-state index contributed by atoms with van der Waals surface area (Å²) < 4.78 is 0. The Morgan fingerprint density at radius 1 is 0.528 bits per heavy atom. The summed E-state index contributed by atoms with van der Waals surface area (Å²) in [4.78, 5) is 10.4. The Morgan fingerprint density at radius 2 is 0.917 bits per heavy atom. The summed E-state index contributed by atoms with van der Waals surface area (Å²) >= 11 is 0. The van der Waals surface area contributed by atoms with Gasteiger partial charge in [-0.05, 0) is 138 Å². The van der Waals surface area contributed by atoms with Gasteiger partial charge in [-0.15, -0.1) is 0 Å². The van der Waals surface area contributed by atoms with Crippen LogP contribution in [0.15, 0.2) is 12.1 Å². The van der Waals surface area contributed by atoms with E-state index in [9.17, 15) is 10.2 Å². The molecule has 2 heterocycles. The average molecular weight is 487 g/mol. The highest BCUT2D eigenvalue weighted by Crippen LogP contribution is 2.52. The van der Waals surface area contributed by atoms with Crippen molar-refractivity contribution in [2.45, 2.75) is 139 Å². The highest BCUT2D eigenvalue weighted by Gasteiger charge is 2.51. The van der Waals surface area contributed by atoms with Gasteiger partial charge in [-0.1, -0.05) is 12.1 Å². The summed E-state index contributed by atoms with van der Waals surface area (Å²) in [7, 11) is 0. The maximum atomic E-state index is 12.1. The molecule has 0 aromatic carbocycles. The van der Waals surface area contributed by atoms with Crippen molar-refractivity contribution in [3.8, 4) is 0 Å². The molecule has 0 radical (unpaired) electrons. The number of aromatic nitrogens is 2. The SMILES string of the molecule is OC1(C2CCCc3cc4c(nc32)CCCC4)CCC(O)(C2CCCc3cc4c(nc32)CCCC4)CC1. The normalized spacial score (nSPS) is 33.7. The molecule has 0 aliphatic heterocycles. The molecular weight excluding hydrogens is 444 g/mol. The van der Waals surface area contributed by atoms with Crippen LogP contribution >= 0.6 is 0 Å². The first kappa shape index (κ1) is 23.3. The van der Waals surface area contributed by atoms with Crippen LogP contribution in [0.2, 0.25) is 0 Å². The summed E-state index contributed by atoms with van der Waals surface area (Å²) in [5.41, 5.74) is 9.13.